The number of hydrogen-bond acceptors (Lipinski definition) is 4. The van der Waals surface area contributed by atoms with Crippen molar-refractivity contribution >= 4 is 63.6 Å². The molecule has 0 aliphatic carbocycles. The minimum Gasteiger partial charge on any atom is -0.431 e. The molecule has 0 aliphatic heterocycles. The van der Waals surface area contributed by atoms with Gasteiger partial charge in [0.25, 0.3) is 5.22 Å². The number of carbonyl (C=O) groups excluding carboxylic acids is 1. The first-order chi connectivity index (χ1) is 14.9. The summed E-state index contributed by atoms with van der Waals surface area (Å²) in [5.74, 6) is -0.862. The number of nitrogens with one attached hydrogen (secondary N) is 1. The van der Waals surface area contributed by atoms with E-state index in [0.717, 1.165) is 22.9 Å². The maximum atomic E-state index is 13.4. The lowest BCUT2D eigenvalue weighted by atomic mass is 9.90. The third kappa shape index (κ3) is 5.36. The number of hydrogen-bond donors (Lipinski definition) is 1. The fourth-order valence-electron chi connectivity index (χ4n) is 3.18. The van der Waals surface area contributed by atoms with Crippen molar-refractivity contribution in [3.8, 4) is 0 Å². The summed E-state index contributed by atoms with van der Waals surface area (Å²) in [5.41, 5.74) is 2.97. The first-order valence-electron chi connectivity index (χ1n) is 9.41. The van der Waals surface area contributed by atoms with Gasteiger partial charge in [0.1, 0.15) is 10.9 Å². The van der Waals surface area contributed by atoms with Crippen LogP contribution in [0.3, 0.4) is 0 Å². The molecule has 0 bridgehead atoms. The number of alkyl halides is 3. The van der Waals surface area contributed by atoms with Gasteiger partial charge in [0.2, 0.25) is 9.70 Å². The molecule has 1 atom stereocenters. The van der Waals surface area contributed by atoms with Gasteiger partial charge in [0.15, 0.2) is 5.58 Å². The molecule has 0 radical (unpaired) electrons. The number of oxazole rings is 1. The SMILES string of the molecule is O=C(N[C@@H](Sc1nc2ccccc2o1)C(Cl)(Cl)Cl)C(c1ccccc1)c1ccccc1. The van der Waals surface area contributed by atoms with Gasteiger partial charge in [-0.25, -0.2) is 4.98 Å². The molecule has 0 aliphatic rings. The van der Waals surface area contributed by atoms with Crippen LogP contribution in [-0.4, -0.2) is 20.1 Å². The lowest BCUT2D eigenvalue weighted by molar-refractivity contribution is -0.121. The number of para-hydroxylation sites is 2. The van der Waals surface area contributed by atoms with Crippen molar-refractivity contribution in [3.63, 3.8) is 0 Å². The Kier molecular flexibility index (Phi) is 6.77. The Morgan fingerprint density at radius 1 is 0.871 bits per heavy atom. The molecular weight excluding hydrogens is 475 g/mol. The van der Waals surface area contributed by atoms with Crippen LogP contribution in [0.1, 0.15) is 17.0 Å². The number of halogens is 3. The lowest BCUT2D eigenvalue weighted by Crippen LogP contribution is -2.43. The second-order valence-electron chi connectivity index (χ2n) is 6.75. The molecule has 0 spiro atoms. The van der Waals surface area contributed by atoms with E-state index in [1.807, 2.05) is 78.9 Å². The lowest BCUT2D eigenvalue weighted by Gasteiger charge is -2.26. The second kappa shape index (κ2) is 9.53. The van der Waals surface area contributed by atoms with E-state index < -0.39 is 15.1 Å². The monoisotopic (exact) mass is 490 g/mol. The molecule has 4 aromatic rings. The van der Waals surface area contributed by atoms with Crippen LogP contribution < -0.4 is 5.32 Å². The number of nitrogens with zero attached hydrogens (tertiary/aromatic N) is 1. The predicted molar refractivity (Wildman–Crippen MR) is 127 cm³/mol. The fraction of sp³-hybridized carbons (Fsp3) is 0.130. The zero-order valence-corrected chi connectivity index (χ0v) is 19.1. The summed E-state index contributed by atoms with van der Waals surface area (Å²) in [7, 11) is 0. The molecule has 158 valence electrons. The summed E-state index contributed by atoms with van der Waals surface area (Å²) < 4.78 is 3.94. The third-order valence-corrected chi connectivity index (χ3v) is 6.72. The first-order valence-corrected chi connectivity index (χ1v) is 11.4. The molecule has 1 amide bonds. The molecule has 31 heavy (non-hydrogen) atoms. The number of benzene rings is 3. The summed E-state index contributed by atoms with van der Waals surface area (Å²) in [6.45, 7) is 0. The Labute approximate surface area is 198 Å². The minimum absolute atomic E-state index is 0.294. The first kappa shape index (κ1) is 22.0. The van der Waals surface area contributed by atoms with Gasteiger partial charge in [0.05, 0.1) is 5.92 Å². The number of aromatic nitrogens is 1. The van der Waals surface area contributed by atoms with Gasteiger partial charge in [0, 0.05) is 0 Å². The van der Waals surface area contributed by atoms with Gasteiger partial charge in [-0.1, -0.05) is 108 Å². The van der Waals surface area contributed by atoms with Crippen LogP contribution in [0.15, 0.2) is 94.6 Å². The standard InChI is InChI=1S/C23H17Cl3N2O2S/c24-23(25,26)21(31-22-27-17-13-7-8-14-18(17)30-22)28-20(29)19(15-9-3-1-4-10-15)16-11-5-2-6-12-16/h1-14,19,21H,(H,28,29)/t21-/m0/s1. The molecular formula is C23H17Cl3N2O2S. The number of carbonyl (C=O) groups is 1. The maximum Gasteiger partial charge on any atom is 0.258 e. The van der Waals surface area contributed by atoms with Crippen molar-refractivity contribution in [2.24, 2.45) is 0 Å². The molecule has 1 N–H and O–H groups in total. The van der Waals surface area contributed by atoms with Crippen molar-refractivity contribution in [1.29, 1.82) is 0 Å². The van der Waals surface area contributed by atoms with E-state index in [1.165, 1.54) is 0 Å². The summed E-state index contributed by atoms with van der Waals surface area (Å²) in [5, 5.41) is 2.25. The van der Waals surface area contributed by atoms with Gasteiger partial charge in [-0.05, 0) is 35.0 Å². The van der Waals surface area contributed by atoms with Crippen LogP contribution >= 0.6 is 46.6 Å². The normalized spacial score (nSPS) is 12.8. The summed E-state index contributed by atoms with van der Waals surface area (Å²) >= 11 is 19.7. The van der Waals surface area contributed by atoms with Crippen LogP contribution in [0, 0.1) is 0 Å². The van der Waals surface area contributed by atoms with Crippen LogP contribution in [-0.2, 0) is 4.79 Å². The van der Waals surface area contributed by atoms with Crippen molar-refractivity contribution in [2.75, 3.05) is 0 Å². The van der Waals surface area contributed by atoms with Crippen molar-refractivity contribution in [2.45, 2.75) is 20.3 Å². The van der Waals surface area contributed by atoms with E-state index >= 15 is 0 Å². The van der Waals surface area contributed by atoms with Crippen molar-refractivity contribution in [3.05, 3.63) is 96.1 Å². The molecule has 4 nitrogen and oxygen atoms in total. The zero-order valence-electron chi connectivity index (χ0n) is 16.0. The molecule has 8 heteroatoms. The number of fused-ring (bicyclic) bond motifs is 1. The quantitative estimate of drug-likeness (QED) is 0.188. The molecule has 0 unspecified atom stereocenters. The number of thioether (sulfide) groups is 1. The Bertz CT molecular complexity index is 1090. The average Bonchev–Trinajstić information content (AvgIpc) is 3.17. The topological polar surface area (TPSA) is 55.1 Å². The minimum atomic E-state index is -1.79. The maximum absolute atomic E-state index is 13.4. The van der Waals surface area contributed by atoms with Crippen LogP contribution in [0.2, 0.25) is 0 Å². The Morgan fingerprint density at radius 2 is 1.42 bits per heavy atom. The molecule has 0 fully saturated rings. The van der Waals surface area contributed by atoms with E-state index in [-0.39, 0.29) is 5.91 Å². The highest BCUT2D eigenvalue weighted by molar-refractivity contribution is 8.00. The fourth-order valence-corrected chi connectivity index (χ4v) is 4.54. The molecule has 4 rings (SSSR count). The van der Waals surface area contributed by atoms with Gasteiger partial charge in [-0.3, -0.25) is 4.79 Å². The highest BCUT2D eigenvalue weighted by Gasteiger charge is 2.38. The highest BCUT2D eigenvalue weighted by Crippen LogP contribution is 2.40. The summed E-state index contributed by atoms with van der Waals surface area (Å²) in [4.78, 5) is 17.8. The molecule has 0 saturated heterocycles. The highest BCUT2D eigenvalue weighted by atomic mass is 35.6. The van der Waals surface area contributed by atoms with E-state index in [2.05, 4.69) is 10.3 Å². The van der Waals surface area contributed by atoms with Crippen molar-refractivity contribution in [1.82, 2.24) is 10.3 Å². The second-order valence-corrected chi connectivity index (χ2v) is 10.2. The average molecular weight is 492 g/mol. The predicted octanol–water partition coefficient (Wildman–Crippen LogP) is 6.56. The summed E-state index contributed by atoms with van der Waals surface area (Å²) in [6, 6.07) is 26.3. The van der Waals surface area contributed by atoms with Crippen LogP contribution in [0.5, 0.6) is 0 Å². The molecule has 1 aromatic heterocycles. The van der Waals surface area contributed by atoms with E-state index in [0.29, 0.717) is 16.3 Å². The van der Waals surface area contributed by atoms with Crippen LogP contribution in [0.25, 0.3) is 11.1 Å². The zero-order chi connectivity index (χ0) is 21.8. The third-order valence-electron chi connectivity index (χ3n) is 4.59. The molecule has 0 saturated carbocycles. The van der Waals surface area contributed by atoms with E-state index in [1.54, 1.807) is 6.07 Å². The smallest absolute Gasteiger partial charge is 0.258 e. The Morgan fingerprint density at radius 3 is 1.97 bits per heavy atom. The van der Waals surface area contributed by atoms with Gasteiger partial charge >= 0.3 is 0 Å². The Hall–Kier alpha value is -2.18. The largest absolute Gasteiger partial charge is 0.431 e. The van der Waals surface area contributed by atoms with Gasteiger partial charge < -0.3 is 9.73 Å². The molecule has 1 heterocycles. The van der Waals surface area contributed by atoms with E-state index in [4.69, 9.17) is 39.2 Å². The Balaban J connectivity index is 1.62. The van der Waals surface area contributed by atoms with Gasteiger partial charge in [-0.15, -0.1) is 0 Å². The number of amides is 1. The van der Waals surface area contributed by atoms with Crippen molar-refractivity contribution < 1.29 is 9.21 Å². The van der Waals surface area contributed by atoms with E-state index in [9.17, 15) is 4.79 Å². The summed E-state index contributed by atoms with van der Waals surface area (Å²) in [6.07, 6.45) is 0. The van der Waals surface area contributed by atoms with Crippen LogP contribution in [0.4, 0.5) is 0 Å². The van der Waals surface area contributed by atoms with Gasteiger partial charge in [-0.2, -0.15) is 0 Å². The number of rotatable bonds is 6. The molecule has 3 aromatic carbocycles.